The molecule has 0 radical (unpaired) electrons. The predicted molar refractivity (Wildman–Crippen MR) is 70.0 cm³/mol. The highest BCUT2D eigenvalue weighted by molar-refractivity contribution is 5.99. The van der Waals surface area contributed by atoms with Crippen LogP contribution in [0, 0.1) is 6.92 Å². The number of hydrogen-bond donors (Lipinski definition) is 2. The molecule has 0 fully saturated rings. The highest BCUT2D eigenvalue weighted by Crippen LogP contribution is 2.20. The molecule has 0 aliphatic heterocycles. The Hall–Kier alpha value is -1.81. The summed E-state index contributed by atoms with van der Waals surface area (Å²) >= 11 is 0. The third-order valence-corrected chi connectivity index (χ3v) is 2.54. The summed E-state index contributed by atoms with van der Waals surface area (Å²) in [5, 5.41) is 1.07. The maximum Gasteiger partial charge on any atom is 0.179 e. The molecule has 2 aromatic rings. The van der Waals surface area contributed by atoms with Crippen LogP contribution in [0.15, 0.2) is 33.7 Å². The van der Waals surface area contributed by atoms with E-state index in [0.29, 0.717) is 11.6 Å². The van der Waals surface area contributed by atoms with Crippen LogP contribution in [0.5, 0.6) is 0 Å². The number of nitrogens with two attached hydrogens (primary N) is 1. The molecular weight excluding hydrogens is 214 g/mol. The monoisotopic (exact) mass is 231 g/mol. The van der Waals surface area contributed by atoms with E-state index in [9.17, 15) is 0 Å². The van der Waals surface area contributed by atoms with Crippen LogP contribution in [0.4, 0.5) is 0 Å². The summed E-state index contributed by atoms with van der Waals surface area (Å²) in [6, 6.07) is 8.02. The first kappa shape index (κ1) is 11.7. The molecule has 4 nitrogen and oxygen atoms in total. The summed E-state index contributed by atoms with van der Waals surface area (Å²) in [5.74, 6) is 6.74. The van der Waals surface area contributed by atoms with Gasteiger partial charge in [-0.15, -0.1) is 0 Å². The molecule has 17 heavy (non-hydrogen) atoms. The lowest BCUT2D eigenvalue weighted by molar-refractivity contribution is 0.599. The van der Waals surface area contributed by atoms with E-state index >= 15 is 0 Å². The number of amidine groups is 1. The van der Waals surface area contributed by atoms with E-state index in [-0.39, 0.29) is 0 Å². The molecule has 0 saturated heterocycles. The van der Waals surface area contributed by atoms with Crippen molar-refractivity contribution in [2.45, 2.75) is 20.3 Å². The average molecular weight is 231 g/mol. The van der Waals surface area contributed by atoms with Crippen molar-refractivity contribution in [2.75, 3.05) is 6.54 Å². The van der Waals surface area contributed by atoms with Crippen molar-refractivity contribution in [3.8, 4) is 0 Å². The molecule has 0 unspecified atom stereocenters. The second kappa shape index (κ2) is 5.01. The molecule has 1 heterocycles. The van der Waals surface area contributed by atoms with Gasteiger partial charge in [0.1, 0.15) is 5.58 Å². The molecule has 0 saturated carbocycles. The molecule has 0 atom stereocenters. The lowest BCUT2D eigenvalue weighted by Crippen LogP contribution is -2.31. The van der Waals surface area contributed by atoms with Crippen LogP contribution < -0.4 is 11.3 Å². The predicted octanol–water partition coefficient (Wildman–Crippen LogP) is 2.36. The van der Waals surface area contributed by atoms with Gasteiger partial charge in [0, 0.05) is 11.9 Å². The number of furan rings is 1. The number of nitrogens with one attached hydrogen (secondary N) is 1. The first-order valence-corrected chi connectivity index (χ1v) is 5.76. The van der Waals surface area contributed by atoms with Gasteiger partial charge in [-0.25, -0.2) is 5.84 Å². The molecule has 0 amide bonds. The molecule has 2 rings (SSSR count). The Morgan fingerprint density at radius 3 is 2.94 bits per heavy atom. The van der Waals surface area contributed by atoms with Gasteiger partial charge < -0.3 is 9.84 Å². The van der Waals surface area contributed by atoms with Crippen LogP contribution in [0.3, 0.4) is 0 Å². The van der Waals surface area contributed by atoms with Crippen molar-refractivity contribution >= 4 is 16.8 Å². The number of fused-ring (bicyclic) bond motifs is 1. The zero-order valence-electron chi connectivity index (χ0n) is 10.2. The number of aryl methyl sites for hydroxylation is 1. The van der Waals surface area contributed by atoms with Crippen molar-refractivity contribution in [3.63, 3.8) is 0 Å². The van der Waals surface area contributed by atoms with Gasteiger partial charge >= 0.3 is 0 Å². The van der Waals surface area contributed by atoms with Crippen molar-refractivity contribution in [1.29, 1.82) is 0 Å². The third kappa shape index (κ3) is 2.47. The second-order valence-electron chi connectivity index (χ2n) is 4.03. The van der Waals surface area contributed by atoms with Crippen LogP contribution in [-0.2, 0) is 0 Å². The van der Waals surface area contributed by atoms with Gasteiger partial charge in [0.2, 0.25) is 0 Å². The van der Waals surface area contributed by atoms with Crippen molar-refractivity contribution in [1.82, 2.24) is 5.43 Å². The van der Waals surface area contributed by atoms with Gasteiger partial charge in [-0.05, 0) is 31.5 Å². The van der Waals surface area contributed by atoms with Gasteiger partial charge in [0.25, 0.3) is 0 Å². The number of benzene rings is 1. The Kier molecular flexibility index (Phi) is 3.44. The summed E-state index contributed by atoms with van der Waals surface area (Å²) in [7, 11) is 0. The van der Waals surface area contributed by atoms with Gasteiger partial charge in [0.15, 0.2) is 11.6 Å². The quantitative estimate of drug-likeness (QED) is 0.369. The van der Waals surface area contributed by atoms with E-state index in [1.54, 1.807) is 0 Å². The maximum atomic E-state index is 5.70. The minimum absolute atomic E-state index is 0.598. The Morgan fingerprint density at radius 1 is 1.41 bits per heavy atom. The molecule has 1 aromatic heterocycles. The SMILES string of the molecule is CCCN=C(NN)c1cc2cc(C)ccc2o1. The largest absolute Gasteiger partial charge is 0.453 e. The highest BCUT2D eigenvalue weighted by Gasteiger charge is 2.08. The van der Waals surface area contributed by atoms with Crippen LogP contribution in [0.25, 0.3) is 11.0 Å². The average Bonchev–Trinajstić information content (AvgIpc) is 2.72. The Morgan fingerprint density at radius 2 is 2.24 bits per heavy atom. The normalized spacial score (nSPS) is 12.1. The zero-order valence-corrected chi connectivity index (χ0v) is 10.2. The highest BCUT2D eigenvalue weighted by atomic mass is 16.3. The molecule has 90 valence electrons. The van der Waals surface area contributed by atoms with E-state index in [2.05, 4.69) is 30.3 Å². The van der Waals surface area contributed by atoms with Crippen molar-refractivity contribution < 1.29 is 4.42 Å². The fourth-order valence-electron chi connectivity index (χ4n) is 1.70. The summed E-state index contributed by atoms with van der Waals surface area (Å²) in [6.07, 6.45) is 0.977. The molecular formula is C13H17N3O. The summed E-state index contributed by atoms with van der Waals surface area (Å²) < 4.78 is 5.70. The molecule has 1 aromatic carbocycles. The number of hydrogen-bond acceptors (Lipinski definition) is 3. The van der Waals surface area contributed by atoms with Crippen molar-refractivity contribution in [3.05, 3.63) is 35.6 Å². The number of rotatable bonds is 3. The van der Waals surface area contributed by atoms with Gasteiger partial charge in [-0.2, -0.15) is 0 Å². The Bertz CT molecular complexity index is 543. The van der Waals surface area contributed by atoms with Crippen molar-refractivity contribution in [2.24, 2.45) is 10.8 Å². The molecule has 0 aliphatic carbocycles. The van der Waals surface area contributed by atoms with Crippen LogP contribution >= 0.6 is 0 Å². The molecule has 0 aliphatic rings. The minimum Gasteiger partial charge on any atom is -0.453 e. The van der Waals surface area contributed by atoms with Crippen LogP contribution in [0.1, 0.15) is 24.7 Å². The van der Waals surface area contributed by atoms with E-state index in [1.165, 1.54) is 5.56 Å². The van der Waals surface area contributed by atoms with Gasteiger partial charge in [-0.3, -0.25) is 4.99 Å². The number of nitrogens with zero attached hydrogens (tertiary/aromatic N) is 1. The number of aliphatic imine (C=N–C) groups is 1. The molecule has 3 N–H and O–H groups in total. The Balaban J connectivity index is 2.41. The van der Waals surface area contributed by atoms with Gasteiger partial charge in [-0.1, -0.05) is 18.6 Å². The Labute approximate surface area is 100 Å². The second-order valence-corrected chi connectivity index (χ2v) is 4.03. The smallest absolute Gasteiger partial charge is 0.179 e. The van der Waals surface area contributed by atoms with E-state index in [1.807, 2.05) is 18.2 Å². The standard InChI is InChI=1S/C13H17N3O/c1-3-6-15-13(16-14)12-8-10-7-9(2)4-5-11(10)17-12/h4-5,7-8H,3,6,14H2,1-2H3,(H,15,16). The minimum atomic E-state index is 0.598. The zero-order chi connectivity index (χ0) is 12.3. The van der Waals surface area contributed by atoms with E-state index in [0.717, 1.165) is 23.9 Å². The lowest BCUT2D eigenvalue weighted by Gasteiger charge is -2.00. The lowest BCUT2D eigenvalue weighted by atomic mass is 10.2. The van der Waals surface area contributed by atoms with E-state index in [4.69, 9.17) is 10.3 Å². The van der Waals surface area contributed by atoms with Gasteiger partial charge in [0.05, 0.1) is 0 Å². The summed E-state index contributed by atoms with van der Waals surface area (Å²) in [5.41, 5.74) is 4.64. The van der Waals surface area contributed by atoms with Crippen LogP contribution in [0.2, 0.25) is 0 Å². The van der Waals surface area contributed by atoms with Crippen LogP contribution in [-0.4, -0.2) is 12.4 Å². The fourth-order valence-corrected chi connectivity index (χ4v) is 1.70. The van der Waals surface area contributed by atoms with E-state index < -0.39 is 0 Å². The third-order valence-electron chi connectivity index (χ3n) is 2.54. The number of hydrazine groups is 1. The molecule has 0 bridgehead atoms. The molecule has 4 heteroatoms. The maximum absolute atomic E-state index is 5.70. The summed E-state index contributed by atoms with van der Waals surface area (Å²) in [4.78, 5) is 4.34. The molecule has 0 spiro atoms. The fraction of sp³-hybridized carbons (Fsp3) is 0.308. The first-order valence-electron chi connectivity index (χ1n) is 5.76. The summed E-state index contributed by atoms with van der Waals surface area (Å²) in [6.45, 7) is 4.86. The first-order chi connectivity index (χ1) is 8.24. The topological polar surface area (TPSA) is 63.5 Å².